The molecule has 0 fully saturated rings. The standard InChI is InChI=1S/C48H30O/c1-2-12-31(13-3-1)37-22-10-24-45-47(37)48-38(23-11-25-46(48)49-45)36-17-9-16-34(29-36)32-14-8-15-33(28-32)35-26-27-43-41-20-5-4-18-39(41)40-19-6-7-21-42(40)44(43)30-35/h1-30H/i1D,2D,3D,10D,11D,12D,13D,22D,23D,24D,25D. The molecular formula is C48H30O. The van der Waals surface area contributed by atoms with Crippen LogP contribution in [0.15, 0.2) is 186 Å². The van der Waals surface area contributed by atoms with Crippen LogP contribution < -0.4 is 0 Å². The predicted molar refractivity (Wildman–Crippen MR) is 208 cm³/mol. The fourth-order valence-corrected chi connectivity index (χ4v) is 7.11. The van der Waals surface area contributed by atoms with Gasteiger partial charge in [-0.3, -0.25) is 0 Å². The zero-order valence-corrected chi connectivity index (χ0v) is 25.9. The van der Waals surface area contributed by atoms with Crippen molar-refractivity contribution in [3.05, 3.63) is 182 Å². The highest BCUT2D eigenvalue weighted by atomic mass is 16.3. The van der Waals surface area contributed by atoms with Gasteiger partial charge in [0, 0.05) is 10.8 Å². The number of hydrogen-bond donors (Lipinski definition) is 0. The summed E-state index contributed by atoms with van der Waals surface area (Å²) in [6.45, 7) is 0. The Morgan fingerprint density at radius 3 is 1.39 bits per heavy atom. The van der Waals surface area contributed by atoms with Gasteiger partial charge < -0.3 is 4.42 Å². The van der Waals surface area contributed by atoms with Crippen LogP contribution in [0.4, 0.5) is 0 Å². The summed E-state index contributed by atoms with van der Waals surface area (Å²) in [4.78, 5) is 0. The van der Waals surface area contributed by atoms with Gasteiger partial charge in [0.1, 0.15) is 11.2 Å². The monoisotopic (exact) mass is 633 g/mol. The number of rotatable bonds is 4. The van der Waals surface area contributed by atoms with Crippen molar-refractivity contribution in [2.75, 3.05) is 0 Å². The number of benzene rings is 9. The summed E-state index contributed by atoms with van der Waals surface area (Å²) in [5.41, 5.74) is 3.17. The van der Waals surface area contributed by atoms with Crippen molar-refractivity contribution in [1.29, 1.82) is 0 Å². The van der Waals surface area contributed by atoms with Crippen LogP contribution >= 0.6 is 0 Å². The molecule has 0 atom stereocenters. The van der Waals surface area contributed by atoms with Crippen molar-refractivity contribution in [3.8, 4) is 44.5 Å². The van der Waals surface area contributed by atoms with E-state index < -0.39 is 60.4 Å². The van der Waals surface area contributed by atoms with Crippen molar-refractivity contribution >= 4 is 54.3 Å². The molecule has 0 unspecified atom stereocenters. The first-order valence-electron chi connectivity index (χ1n) is 21.4. The minimum absolute atomic E-state index is 0.0458. The van der Waals surface area contributed by atoms with Gasteiger partial charge in [-0.15, -0.1) is 0 Å². The minimum atomic E-state index is -0.649. The Bertz CT molecular complexity index is 3450. The van der Waals surface area contributed by atoms with Gasteiger partial charge in [-0.25, -0.2) is 0 Å². The Balaban J connectivity index is 1.19. The average Bonchev–Trinajstić information content (AvgIpc) is 3.67. The molecule has 9 aromatic carbocycles. The van der Waals surface area contributed by atoms with Crippen molar-refractivity contribution in [1.82, 2.24) is 0 Å². The molecule has 1 heteroatoms. The second-order valence-electron chi connectivity index (χ2n) is 12.0. The zero-order chi connectivity index (χ0) is 41.9. The topological polar surface area (TPSA) is 13.1 Å². The first-order valence-corrected chi connectivity index (χ1v) is 15.9. The molecule has 0 bridgehead atoms. The average molecular weight is 634 g/mol. The highest BCUT2D eigenvalue weighted by Crippen LogP contribution is 2.42. The van der Waals surface area contributed by atoms with Crippen LogP contribution in [0.3, 0.4) is 0 Å². The Kier molecular flexibility index (Phi) is 4.25. The molecule has 0 N–H and O–H groups in total. The molecule has 1 aromatic heterocycles. The van der Waals surface area contributed by atoms with Gasteiger partial charge in [-0.1, -0.05) is 151 Å². The predicted octanol–water partition coefficient (Wildman–Crippen LogP) is 13.7. The highest BCUT2D eigenvalue weighted by molar-refractivity contribution is 6.25. The normalized spacial score (nSPS) is 14.8. The molecule has 0 amide bonds. The van der Waals surface area contributed by atoms with Gasteiger partial charge in [-0.2, -0.15) is 0 Å². The fourth-order valence-electron chi connectivity index (χ4n) is 7.11. The molecule has 0 radical (unpaired) electrons. The van der Waals surface area contributed by atoms with Crippen LogP contribution in [0.25, 0.3) is 98.8 Å². The van der Waals surface area contributed by atoms with E-state index in [1.54, 1.807) is 12.1 Å². The molecule has 228 valence electrons. The molecular weight excluding hydrogens is 593 g/mol. The molecule has 49 heavy (non-hydrogen) atoms. The van der Waals surface area contributed by atoms with Crippen LogP contribution in [0.2, 0.25) is 0 Å². The van der Waals surface area contributed by atoms with E-state index in [0.717, 1.165) is 38.4 Å². The molecule has 0 aliphatic rings. The van der Waals surface area contributed by atoms with E-state index in [-0.39, 0.29) is 44.7 Å². The van der Waals surface area contributed by atoms with E-state index >= 15 is 0 Å². The van der Waals surface area contributed by atoms with Gasteiger partial charge in [0.2, 0.25) is 0 Å². The smallest absolute Gasteiger partial charge is 0.136 e. The molecule has 0 aliphatic heterocycles. The quantitative estimate of drug-likeness (QED) is 0.176. The van der Waals surface area contributed by atoms with Gasteiger partial charge in [0.15, 0.2) is 0 Å². The van der Waals surface area contributed by atoms with Crippen molar-refractivity contribution in [3.63, 3.8) is 0 Å². The van der Waals surface area contributed by atoms with E-state index in [1.165, 1.54) is 16.2 Å². The number of furan rings is 1. The lowest BCUT2D eigenvalue weighted by Crippen LogP contribution is -1.86. The largest absolute Gasteiger partial charge is 0.456 e. The van der Waals surface area contributed by atoms with E-state index in [4.69, 9.17) is 18.1 Å². The molecule has 10 aromatic rings. The highest BCUT2D eigenvalue weighted by Gasteiger charge is 2.17. The summed E-state index contributed by atoms with van der Waals surface area (Å²) in [7, 11) is 0. The van der Waals surface area contributed by atoms with Crippen molar-refractivity contribution in [2.24, 2.45) is 0 Å². The van der Waals surface area contributed by atoms with Crippen LogP contribution in [0, 0.1) is 0 Å². The van der Waals surface area contributed by atoms with E-state index in [1.807, 2.05) is 24.3 Å². The van der Waals surface area contributed by atoms with Crippen LogP contribution in [0.5, 0.6) is 0 Å². The van der Waals surface area contributed by atoms with Gasteiger partial charge >= 0.3 is 0 Å². The summed E-state index contributed by atoms with van der Waals surface area (Å²) < 4.78 is 102. The Hall–Kier alpha value is -6.44. The Morgan fingerprint density at radius 1 is 0.327 bits per heavy atom. The molecule has 0 aliphatic carbocycles. The summed E-state index contributed by atoms with van der Waals surface area (Å²) in [5, 5.41) is 7.07. The summed E-state index contributed by atoms with van der Waals surface area (Å²) in [6.07, 6.45) is 0. The number of hydrogen-bond acceptors (Lipinski definition) is 1. The Labute approximate surface area is 299 Å². The lowest BCUT2D eigenvalue weighted by atomic mass is 9.91. The molecule has 10 rings (SSSR count). The zero-order valence-electron chi connectivity index (χ0n) is 36.9. The van der Waals surface area contributed by atoms with Crippen LogP contribution in [-0.2, 0) is 0 Å². The van der Waals surface area contributed by atoms with E-state index in [9.17, 15) is 1.37 Å². The van der Waals surface area contributed by atoms with Crippen molar-refractivity contribution < 1.29 is 19.5 Å². The van der Waals surface area contributed by atoms with E-state index in [2.05, 4.69) is 78.9 Å². The fraction of sp³-hybridized carbons (Fsp3) is 0. The maximum Gasteiger partial charge on any atom is 0.136 e. The summed E-state index contributed by atoms with van der Waals surface area (Å²) in [6, 6.07) is 32.7. The first-order chi connectivity index (χ1) is 28.9. The Morgan fingerprint density at radius 2 is 0.796 bits per heavy atom. The maximum absolute atomic E-state index is 9.23. The third-order valence-electron chi connectivity index (χ3n) is 9.31. The van der Waals surface area contributed by atoms with Crippen LogP contribution in [0.1, 0.15) is 15.1 Å². The first kappa shape index (κ1) is 18.8. The summed E-state index contributed by atoms with van der Waals surface area (Å²) in [5.74, 6) is 0. The van der Waals surface area contributed by atoms with Crippen molar-refractivity contribution in [2.45, 2.75) is 0 Å². The third kappa shape index (κ3) is 4.47. The maximum atomic E-state index is 9.23. The van der Waals surface area contributed by atoms with Crippen LogP contribution in [-0.4, -0.2) is 0 Å². The third-order valence-corrected chi connectivity index (χ3v) is 9.31. The summed E-state index contributed by atoms with van der Waals surface area (Å²) >= 11 is 0. The van der Waals surface area contributed by atoms with Gasteiger partial charge in [0.05, 0.1) is 15.1 Å². The number of fused-ring (bicyclic) bond motifs is 9. The molecule has 0 spiro atoms. The minimum Gasteiger partial charge on any atom is -0.456 e. The molecule has 1 heterocycles. The lowest BCUT2D eigenvalue weighted by molar-refractivity contribution is 0.669. The van der Waals surface area contributed by atoms with Gasteiger partial charge in [-0.05, 0) is 107 Å². The molecule has 0 saturated carbocycles. The molecule has 0 saturated heterocycles. The van der Waals surface area contributed by atoms with E-state index in [0.29, 0.717) is 5.56 Å². The molecule has 1 nitrogen and oxygen atoms in total. The van der Waals surface area contributed by atoms with Gasteiger partial charge in [0.25, 0.3) is 0 Å². The SMILES string of the molecule is [2H]c1c([2H])c([2H])c(-c2c([2H])c([2H])c([2H])c3oc4c([2H])c([2H])c([2H])c(-c5cccc(-c6cccc(-c7ccc8c9ccccc9c9ccccc9c8c7)c6)c5)c4c23)c([2H])c1[2H]. The second kappa shape index (κ2) is 11.1. The lowest BCUT2D eigenvalue weighted by Gasteiger charge is -2.13. The second-order valence-corrected chi connectivity index (χ2v) is 12.0.